The first-order chi connectivity index (χ1) is 17.7. The summed E-state index contributed by atoms with van der Waals surface area (Å²) in [5, 5.41) is 3.30. The van der Waals surface area contributed by atoms with Crippen LogP contribution in [0.3, 0.4) is 0 Å². The molecule has 0 spiro atoms. The zero-order valence-electron chi connectivity index (χ0n) is 20.4. The molecule has 2 fully saturated rings. The molecular formula is C25H29F4N7O. The van der Waals surface area contributed by atoms with Gasteiger partial charge in [-0.3, -0.25) is 0 Å². The Bertz CT molecular complexity index is 1250. The van der Waals surface area contributed by atoms with Gasteiger partial charge in [0, 0.05) is 56.3 Å². The molecule has 0 bridgehead atoms. The highest BCUT2D eigenvalue weighted by Gasteiger charge is 2.32. The van der Waals surface area contributed by atoms with Crippen LogP contribution in [0.2, 0.25) is 0 Å². The van der Waals surface area contributed by atoms with E-state index in [0.29, 0.717) is 24.6 Å². The predicted octanol–water partition coefficient (Wildman–Crippen LogP) is 3.91. The van der Waals surface area contributed by atoms with Crippen LogP contribution in [-0.4, -0.2) is 58.5 Å². The first-order valence-corrected chi connectivity index (χ1v) is 12.3. The summed E-state index contributed by atoms with van der Waals surface area (Å²) < 4.78 is 59.3. The minimum atomic E-state index is -4.50. The van der Waals surface area contributed by atoms with Gasteiger partial charge in [0.2, 0.25) is 5.75 Å². The summed E-state index contributed by atoms with van der Waals surface area (Å²) in [5.74, 6) is 1.39. The topological polar surface area (TPSA) is 94.1 Å². The zero-order valence-corrected chi connectivity index (χ0v) is 20.4. The number of nitrogens with one attached hydrogen (secondary N) is 1. The molecule has 0 unspecified atom stereocenters. The van der Waals surface area contributed by atoms with E-state index >= 15 is 0 Å². The van der Waals surface area contributed by atoms with Crippen molar-refractivity contribution in [3.05, 3.63) is 47.9 Å². The van der Waals surface area contributed by atoms with E-state index in [1.807, 2.05) is 11.1 Å². The fourth-order valence-electron chi connectivity index (χ4n) is 4.85. The van der Waals surface area contributed by atoms with Crippen molar-refractivity contribution in [3.8, 4) is 17.0 Å². The monoisotopic (exact) mass is 519 g/mol. The van der Waals surface area contributed by atoms with Crippen LogP contribution in [0.4, 0.5) is 29.2 Å². The number of nitrogen functional groups attached to an aromatic ring is 1. The van der Waals surface area contributed by atoms with Crippen molar-refractivity contribution in [1.82, 2.24) is 24.8 Å². The molecule has 2 aliphatic heterocycles. The van der Waals surface area contributed by atoms with Crippen molar-refractivity contribution >= 4 is 11.6 Å². The number of halogens is 4. The van der Waals surface area contributed by atoms with Gasteiger partial charge in [-0.15, -0.1) is 0 Å². The van der Waals surface area contributed by atoms with Gasteiger partial charge in [-0.2, -0.15) is 13.2 Å². The number of rotatable bonds is 7. The molecule has 1 aromatic carbocycles. The van der Waals surface area contributed by atoms with Crippen molar-refractivity contribution in [2.45, 2.75) is 38.4 Å². The number of nitrogens with two attached hydrogens (primary N) is 1. The van der Waals surface area contributed by atoms with Gasteiger partial charge in [0.1, 0.15) is 18.0 Å². The molecule has 3 aromatic rings. The average molecular weight is 520 g/mol. The lowest BCUT2D eigenvalue weighted by molar-refractivity contribution is -0.153. The van der Waals surface area contributed by atoms with Crippen LogP contribution in [0, 0.1) is 18.7 Å². The molecule has 0 aliphatic carbocycles. The fourth-order valence-corrected chi connectivity index (χ4v) is 4.85. The number of hydrogen-bond acceptors (Lipinski definition) is 7. The number of nitrogens with zero attached hydrogens (tertiary/aromatic N) is 5. The van der Waals surface area contributed by atoms with Crippen molar-refractivity contribution in [1.29, 1.82) is 0 Å². The van der Waals surface area contributed by atoms with Gasteiger partial charge in [-0.25, -0.2) is 19.3 Å². The van der Waals surface area contributed by atoms with E-state index in [1.54, 1.807) is 19.1 Å². The second-order valence-corrected chi connectivity index (χ2v) is 9.70. The van der Waals surface area contributed by atoms with Crippen LogP contribution < -0.4 is 20.7 Å². The fraction of sp³-hybridized carbons (Fsp3) is 0.480. The average Bonchev–Trinajstić information content (AvgIpc) is 3.26. The lowest BCUT2D eigenvalue weighted by atomic mass is 9.95. The van der Waals surface area contributed by atoms with Crippen LogP contribution in [0.15, 0.2) is 30.7 Å². The third-order valence-electron chi connectivity index (χ3n) is 6.93. The van der Waals surface area contributed by atoms with Gasteiger partial charge in [-0.05, 0) is 43.5 Å². The van der Waals surface area contributed by atoms with Crippen LogP contribution in [0.25, 0.3) is 11.3 Å². The van der Waals surface area contributed by atoms with E-state index in [-0.39, 0.29) is 29.1 Å². The molecule has 8 nitrogen and oxygen atoms in total. The number of aryl methyl sites for hydroxylation is 1. The molecule has 3 N–H and O–H groups in total. The second-order valence-electron chi connectivity index (χ2n) is 9.70. The van der Waals surface area contributed by atoms with E-state index in [2.05, 4.69) is 19.9 Å². The predicted molar refractivity (Wildman–Crippen MR) is 131 cm³/mol. The van der Waals surface area contributed by atoms with Gasteiger partial charge in [0.15, 0.2) is 18.2 Å². The van der Waals surface area contributed by atoms with Gasteiger partial charge >= 0.3 is 6.18 Å². The molecule has 2 saturated heterocycles. The number of anilines is 2. The number of alkyl halides is 3. The second kappa shape index (κ2) is 10.2. The minimum Gasteiger partial charge on any atom is -0.477 e. The molecule has 198 valence electrons. The molecule has 0 amide bonds. The molecular weight excluding hydrogens is 490 g/mol. The standard InChI is InChI=1S/C25H29F4N7O/c1-15-8-18(2-3-19(15)26)20-12-36(11-16-9-31-10-16)23(34-20)17-4-6-35(7-5-17)24-21(22(30)32-14-33-24)37-13-25(27,28)29/h2-3,8,12,14,16-17,31H,4-7,9-11,13H2,1H3,(H2,30,32,33). The molecule has 0 atom stereocenters. The van der Waals surface area contributed by atoms with Crippen LogP contribution in [0.1, 0.15) is 30.1 Å². The highest BCUT2D eigenvalue weighted by molar-refractivity contribution is 5.63. The van der Waals surface area contributed by atoms with Crippen molar-refractivity contribution in [2.75, 3.05) is 43.4 Å². The first-order valence-electron chi connectivity index (χ1n) is 12.3. The summed E-state index contributed by atoms with van der Waals surface area (Å²) in [7, 11) is 0. The minimum absolute atomic E-state index is 0.125. The Morgan fingerprint density at radius 2 is 1.92 bits per heavy atom. The Labute approximate surface area is 211 Å². The van der Waals surface area contributed by atoms with Gasteiger partial charge in [-0.1, -0.05) is 0 Å². The van der Waals surface area contributed by atoms with E-state index in [1.165, 1.54) is 12.4 Å². The third-order valence-corrected chi connectivity index (χ3v) is 6.93. The Balaban J connectivity index is 1.35. The number of hydrogen-bond donors (Lipinski definition) is 2. The lowest BCUT2D eigenvalue weighted by Crippen LogP contribution is -2.44. The molecule has 12 heteroatoms. The van der Waals surface area contributed by atoms with Crippen molar-refractivity contribution in [2.24, 2.45) is 5.92 Å². The molecule has 0 radical (unpaired) electrons. The van der Waals surface area contributed by atoms with Crippen LogP contribution >= 0.6 is 0 Å². The van der Waals surface area contributed by atoms with Crippen molar-refractivity contribution in [3.63, 3.8) is 0 Å². The summed E-state index contributed by atoms with van der Waals surface area (Å²) >= 11 is 0. The molecule has 2 aliphatic rings. The van der Waals surface area contributed by atoms with Gasteiger partial charge in [0.05, 0.1) is 5.69 Å². The number of benzene rings is 1. The summed E-state index contributed by atoms with van der Waals surface area (Å²) in [6, 6.07) is 5.01. The van der Waals surface area contributed by atoms with E-state index < -0.39 is 12.8 Å². The van der Waals surface area contributed by atoms with Crippen LogP contribution in [-0.2, 0) is 6.54 Å². The van der Waals surface area contributed by atoms with Crippen LogP contribution in [0.5, 0.6) is 5.75 Å². The quantitative estimate of drug-likeness (QED) is 0.457. The summed E-state index contributed by atoms with van der Waals surface area (Å²) in [5.41, 5.74) is 8.07. The van der Waals surface area contributed by atoms with Gasteiger partial charge < -0.3 is 25.3 Å². The van der Waals surface area contributed by atoms with E-state index in [4.69, 9.17) is 15.5 Å². The Hall–Kier alpha value is -3.41. The largest absolute Gasteiger partial charge is 0.477 e. The molecule has 0 saturated carbocycles. The molecule has 2 aromatic heterocycles. The summed E-state index contributed by atoms with van der Waals surface area (Å²) in [4.78, 5) is 14.8. The number of ether oxygens (including phenoxy) is 1. The highest BCUT2D eigenvalue weighted by Crippen LogP contribution is 2.37. The Kier molecular flexibility index (Phi) is 6.93. The maximum Gasteiger partial charge on any atom is 0.422 e. The number of imidazole rings is 1. The number of aromatic nitrogens is 4. The highest BCUT2D eigenvalue weighted by atomic mass is 19.4. The lowest BCUT2D eigenvalue weighted by Gasteiger charge is -2.34. The SMILES string of the molecule is Cc1cc(-c2cn(CC3CNC3)c(C3CCN(c4ncnc(N)c4OCC(F)(F)F)CC3)n2)ccc1F. The van der Waals surface area contributed by atoms with Gasteiger partial charge in [0.25, 0.3) is 0 Å². The Morgan fingerprint density at radius 1 is 1.16 bits per heavy atom. The van der Waals surface area contributed by atoms with Crippen molar-refractivity contribution < 1.29 is 22.3 Å². The maximum absolute atomic E-state index is 13.8. The molecule has 4 heterocycles. The number of piperidine rings is 1. The maximum atomic E-state index is 13.8. The summed E-state index contributed by atoms with van der Waals surface area (Å²) in [6.07, 6.45) is 0.226. The van der Waals surface area contributed by atoms with E-state index in [0.717, 1.165) is 49.6 Å². The third kappa shape index (κ3) is 5.63. The van der Waals surface area contributed by atoms with E-state index in [9.17, 15) is 17.6 Å². The Morgan fingerprint density at radius 3 is 2.57 bits per heavy atom. The molecule has 5 rings (SSSR count). The first kappa shape index (κ1) is 25.2. The summed E-state index contributed by atoms with van der Waals surface area (Å²) in [6.45, 7) is 4.12. The zero-order chi connectivity index (χ0) is 26.2. The smallest absolute Gasteiger partial charge is 0.422 e. The molecule has 37 heavy (non-hydrogen) atoms. The normalized spacial score (nSPS) is 17.2.